The van der Waals surface area contributed by atoms with Crippen LogP contribution < -0.4 is 5.73 Å². The predicted molar refractivity (Wildman–Crippen MR) is 253 cm³/mol. The molecule has 3 atom stereocenters. The number of ether oxygens (including phenoxy) is 2. The van der Waals surface area contributed by atoms with E-state index in [-0.39, 0.29) is 13.0 Å². The topological polar surface area (TPSA) is 155 Å². The van der Waals surface area contributed by atoms with E-state index in [9.17, 15) is 19.0 Å². The lowest BCUT2D eigenvalue weighted by molar-refractivity contribution is -0.153. The zero-order valence-electron chi connectivity index (χ0n) is 38.2. The van der Waals surface area contributed by atoms with Crippen LogP contribution in [0, 0.1) is 0 Å². The van der Waals surface area contributed by atoms with Crippen molar-refractivity contribution in [2.75, 3.05) is 26.4 Å². The molecule has 350 valence electrons. The third-order valence-electron chi connectivity index (χ3n) is 9.69. The third kappa shape index (κ3) is 45.0. The molecule has 3 unspecified atom stereocenters. The number of rotatable bonds is 44. The fourth-order valence-corrected chi connectivity index (χ4v) is 6.84. The molecule has 0 fully saturated rings. The Morgan fingerprint density at radius 1 is 0.541 bits per heavy atom. The summed E-state index contributed by atoms with van der Waals surface area (Å²) in [7, 11) is -4.65. The number of carbonyl (C=O) groups is 2. The lowest BCUT2D eigenvalue weighted by Gasteiger charge is -2.20. The minimum Gasteiger partial charge on any atom is -0.480 e. The van der Waals surface area contributed by atoms with Gasteiger partial charge in [0, 0.05) is 6.61 Å². The lowest BCUT2D eigenvalue weighted by Crippen LogP contribution is -2.34. The van der Waals surface area contributed by atoms with Crippen molar-refractivity contribution in [1.29, 1.82) is 0 Å². The van der Waals surface area contributed by atoms with Crippen LogP contribution in [-0.4, -0.2) is 60.5 Å². The van der Waals surface area contributed by atoms with Gasteiger partial charge >= 0.3 is 19.8 Å². The van der Waals surface area contributed by atoms with Gasteiger partial charge in [0.25, 0.3) is 0 Å². The summed E-state index contributed by atoms with van der Waals surface area (Å²) < 4.78 is 33.3. The molecule has 0 aromatic carbocycles. The molecule has 0 bridgehead atoms. The zero-order chi connectivity index (χ0) is 44.8. The molecule has 0 saturated carbocycles. The van der Waals surface area contributed by atoms with Crippen molar-refractivity contribution in [3.63, 3.8) is 0 Å². The minimum absolute atomic E-state index is 0.0143. The fraction of sp³-hybridized carbons (Fsp3) is 0.680. The van der Waals surface area contributed by atoms with E-state index < -0.39 is 45.1 Å². The van der Waals surface area contributed by atoms with E-state index in [4.69, 9.17) is 29.4 Å². The number of unbranched alkanes of at least 4 members (excludes halogenated alkanes) is 17. The van der Waals surface area contributed by atoms with Gasteiger partial charge in [-0.1, -0.05) is 189 Å². The van der Waals surface area contributed by atoms with Gasteiger partial charge in [-0.15, -0.1) is 0 Å². The summed E-state index contributed by atoms with van der Waals surface area (Å²) in [5.74, 6) is -1.92. The first-order chi connectivity index (χ1) is 29.7. The van der Waals surface area contributed by atoms with E-state index in [1.807, 2.05) is 12.2 Å². The summed E-state index contributed by atoms with van der Waals surface area (Å²) in [6.07, 6.45) is 58.2. The van der Waals surface area contributed by atoms with E-state index in [0.29, 0.717) is 13.0 Å². The quantitative estimate of drug-likeness (QED) is 0.0233. The van der Waals surface area contributed by atoms with E-state index in [0.717, 1.165) is 51.4 Å². The molecule has 0 saturated heterocycles. The Morgan fingerprint density at radius 3 is 1.43 bits per heavy atom. The molecule has 61 heavy (non-hydrogen) atoms. The van der Waals surface area contributed by atoms with Crippen LogP contribution in [-0.2, 0) is 32.7 Å². The van der Waals surface area contributed by atoms with Gasteiger partial charge in [0.15, 0.2) is 0 Å². The maximum absolute atomic E-state index is 12.6. The molecule has 11 heteroatoms. The van der Waals surface area contributed by atoms with Gasteiger partial charge in [-0.3, -0.25) is 18.6 Å². The summed E-state index contributed by atoms with van der Waals surface area (Å²) in [5.41, 5.74) is 5.35. The van der Waals surface area contributed by atoms with Crippen LogP contribution in [0.15, 0.2) is 85.1 Å². The average Bonchev–Trinajstić information content (AvgIpc) is 3.24. The largest absolute Gasteiger partial charge is 0.480 e. The summed E-state index contributed by atoms with van der Waals surface area (Å²) >= 11 is 0. The number of hydrogen-bond acceptors (Lipinski definition) is 8. The van der Waals surface area contributed by atoms with Crippen LogP contribution in [0.25, 0.3) is 0 Å². The van der Waals surface area contributed by atoms with Crippen molar-refractivity contribution >= 4 is 19.8 Å². The number of nitrogens with two attached hydrogens (primary N) is 1. The first-order valence-electron chi connectivity index (χ1n) is 23.6. The van der Waals surface area contributed by atoms with E-state index in [1.54, 1.807) is 6.08 Å². The lowest BCUT2D eigenvalue weighted by atomic mass is 10.0. The van der Waals surface area contributed by atoms with Crippen molar-refractivity contribution in [1.82, 2.24) is 0 Å². The van der Waals surface area contributed by atoms with Gasteiger partial charge in [0.05, 0.1) is 26.2 Å². The average molecular weight is 876 g/mol. The van der Waals surface area contributed by atoms with Gasteiger partial charge in [0.1, 0.15) is 12.1 Å². The Kier molecular flexibility index (Phi) is 43.1. The zero-order valence-corrected chi connectivity index (χ0v) is 39.1. The highest BCUT2D eigenvalue weighted by atomic mass is 31.2. The second kappa shape index (κ2) is 45.2. The Hall–Kier alpha value is -2.85. The molecule has 0 amide bonds. The molecule has 0 aliphatic rings. The molecular weight excluding hydrogens is 790 g/mol. The number of aliphatic carboxylic acids is 1. The molecule has 0 spiro atoms. The molecule has 0 aromatic heterocycles. The Bertz CT molecular complexity index is 1290. The van der Waals surface area contributed by atoms with Crippen LogP contribution in [0.4, 0.5) is 0 Å². The highest BCUT2D eigenvalue weighted by Crippen LogP contribution is 2.43. The van der Waals surface area contributed by atoms with Gasteiger partial charge < -0.3 is 25.2 Å². The van der Waals surface area contributed by atoms with Gasteiger partial charge in [0.2, 0.25) is 0 Å². The first-order valence-corrected chi connectivity index (χ1v) is 25.1. The number of carbonyl (C=O) groups excluding carboxylic acids is 1. The highest BCUT2D eigenvalue weighted by Gasteiger charge is 2.27. The number of carboxylic acid groups (broad SMARTS) is 1. The molecule has 10 nitrogen and oxygen atoms in total. The molecule has 0 heterocycles. The maximum atomic E-state index is 12.6. The Balaban J connectivity index is 4.24. The number of carboxylic acids is 1. The highest BCUT2D eigenvalue weighted by molar-refractivity contribution is 7.47. The van der Waals surface area contributed by atoms with Crippen molar-refractivity contribution in [2.24, 2.45) is 5.73 Å². The number of phosphoric acid groups is 1. The van der Waals surface area contributed by atoms with E-state index in [1.165, 1.54) is 103 Å². The maximum Gasteiger partial charge on any atom is 0.472 e. The van der Waals surface area contributed by atoms with Crippen molar-refractivity contribution in [3.8, 4) is 0 Å². The summed E-state index contributed by atoms with van der Waals surface area (Å²) in [6, 6.07) is -1.49. The molecule has 0 aromatic rings. The Labute approximate surface area is 371 Å². The van der Waals surface area contributed by atoms with Crippen LogP contribution in [0.1, 0.15) is 181 Å². The van der Waals surface area contributed by atoms with Crippen molar-refractivity contribution < 1.29 is 42.7 Å². The standard InChI is InChI=1S/C50H86NO9P/c1-3-5-7-9-11-13-15-17-19-20-21-22-23-24-25-26-27-29-31-33-35-37-39-41-43-57-44-47(45-58-61(55,56)59-46-48(51)50(53)54)60-49(52)42-40-38-36-34-32-30-28-18-16-14-12-10-8-6-4-2/h6,8,12,14-15,17-18,20-21,28,32,34,38,40,47-48H,3-5,7,9-11,13,16,19,22-27,29-31,33,35-37,39,41-46,51H2,1-2H3,(H,53,54)(H,55,56)/b8-6-,14-12-,17-15-,21-20-,28-18-,34-32-,40-38-. The summed E-state index contributed by atoms with van der Waals surface area (Å²) in [4.78, 5) is 33.5. The second-order valence-electron chi connectivity index (χ2n) is 15.5. The van der Waals surface area contributed by atoms with Gasteiger partial charge in [-0.05, 0) is 70.6 Å². The molecule has 4 N–H and O–H groups in total. The molecule has 0 aliphatic carbocycles. The Morgan fingerprint density at radius 2 is 0.951 bits per heavy atom. The monoisotopic (exact) mass is 876 g/mol. The summed E-state index contributed by atoms with van der Waals surface area (Å²) in [6.45, 7) is 3.62. The third-order valence-corrected chi connectivity index (χ3v) is 10.6. The molecule has 0 rings (SSSR count). The van der Waals surface area contributed by atoms with Crippen molar-refractivity contribution in [3.05, 3.63) is 85.1 Å². The minimum atomic E-state index is -4.65. The first kappa shape index (κ1) is 58.1. The fourth-order valence-electron chi connectivity index (χ4n) is 6.06. The SMILES string of the molecule is CC/C=C\C/C=C\C/C=C\C/C=C\C/C=C\CC(=O)OC(COCCCCCCCCCCCCCC/C=C\C/C=C\CCCCCCC)COP(=O)(O)OCC(N)C(=O)O. The number of phosphoric ester groups is 1. The van der Waals surface area contributed by atoms with Crippen LogP contribution in [0.5, 0.6) is 0 Å². The predicted octanol–water partition coefficient (Wildman–Crippen LogP) is 13.5. The van der Waals surface area contributed by atoms with Crippen LogP contribution in [0.3, 0.4) is 0 Å². The molecule has 0 radical (unpaired) electrons. The van der Waals surface area contributed by atoms with Gasteiger partial charge in [-0.2, -0.15) is 0 Å². The molecular formula is C50H86NO9P. The smallest absolute Gasteiger partial charge is 0.472 e. The summed E-state index contributed by atoms with van der Waals surface area (Å²) in [5, 5.41) is 8.90. The van der Waals surface area contributed by atoms with E-state index >= 15 is 0 Å². The number of esters is 1. The normalized spacial score (nSPS) is 14.6. The van der Waals surface area contributed by atoms with Crippen LogP contribution in [0.2, 0.25) is 0 Å². The van der Waals surface area contributed by atoms with Crippen molar-refractivity contribution in [2.45, 2.75) is 193 Å². The number of hydrogen-bond donors (Lipinski definition) is 3. The van der Waals surface area contributed by atoms with Gasteiger partial charge in [-0.25, -0.2) is 4.57 Å². The number of allylic oxidation sites excluding steroid dienone is 13. The second-order valence-corrected chi connectivity index (χ2v) is 17.0. The molecule has 0 aliphatic heterocycles. The van der Waals surface area contributed by atoms with E-state index in [2.05, 4.69) is 80.7 Å². The van der Waals surface area contributed by atoms with Crippen LogP contribution >= 0.6 is 7.82 Å².